The Morgan fingerprint density at radius 3 is 2.21 bits per heavy atom. The van der Waals surface area contributed by atoms with E-state index in [9.17, 15) is 14.4 Å². The van der Waals surface area contributed by atoms with Crippen LogP contribution in [0.4, 0.5) is 5.00 Å². The summed E-state index contributed by atoms with van der Waals surface area (Å²) < 4.78 is 5.15. The fourth-order valence-corrected chi connectivity index (χ4v) is 4.17. The van der Waals surface area contributed by atoms with Gasteiger partial charge < -0.3 is 15.0 Å². The highest BCUT2D eigenvalue weighted by Crippen LogP contribution is 2.34. The molecule has 0 aliphatic rings. The van der Waals surface area contributed by atoms with Crippen molar-refractivity contribution < 1.29 is 19.1 Å². The van der Waals surface area contributed by atoms with Gasteiger partial charge in [0.15, 0.2) is 0 Å². The molecule has 1 heterocycles. The number of hydrogen-bond donors (Lipinski definition) is 1. The van der Waals surface area contributed by atoms with E-state index in [1.807, 2.05) is 13.8 Å². The molecule has 0 aliphatic carbocycles. The minimum Gasteiger partial charge on any atom is -0.462 e. The summed E-state index contributed by atoms with van der Waals surface area (Å²) in [6.45, 7) is 10.9. The first kappa shape index (κ1) is 24.1. The molecule has 2 amide bonds. The van der Waals surface area contributed by atoms with Gasteiger partial charge >= 0.3 is 5.97 Å². The molecular formula is C21H34N2O4S. The van der Waals surface area contributed by atoms with Crippen molar-refractivity contribution in [3.63, 3.8) is 0 Å². The first-order valence-electron chi connectivity index (χ1n) is 10.3. The van der Waals surface area contributed by atoms with E-state index < -0.39 is 5.97 Å². The monoisotopic (exact) mass is 410 g/mol. The lowest BCUT2D eigenvalue weighted by Gasteiger charge is -2.18. The van der Waals surface area contributed by atoms with Crippen molar-refractivity contribution in [2.24, 2.45) is 0 Å². The zero-order valence-electron chi connectivity index (χ0n) is 17.9. The first-order chi connectivity index (χ1) is 13.4. The largest absolute Gasteiger partial charge is 0.462 e. The molecule has 0 saturated heterocycles. The third kappa shape index (κ3) is 6.62. The molecule has 0 unspecified atom stereocenters. The maximum absolute atomic E-state index is 12.8. The molecular weight excluding hydrogens is 376 g/mol. The molecule has 7 heteroatoms. The Bertz CT molecular complexity index is 666. The maximum atomic E-state index is 12.8. The highest BCUT2D eigenvalue weighted by Gasteiger charge is 2.28. The van der Waals surface area contributed by atoms with Crippen LogP contribution in [0, 0.1) is 6.92 Å². The fourth-order valence-electron chi connectivity index (χ4n) is 2.99. The standard InChI is InChI=1S/C21H34N2O4S/c1-6-10-11-12-13-14-16(24)22-19-17(21(26)27-9-4)15(5)18(28-19)20(25)23(7-2)8-3/h6-14H2,1-5H3,(H,22,24). The zero-order valence-corrected chi connectivity index (χ0v) is 18.7. The number of anilines is 1. The highest BCUT2D eigenvalue weighted by atomic mass is 32.1. The summed E-state index contributed by atoms with van der Waals surface area (Å²) >= 11 is 1.16. The first-order valence-corrected chi connectivity index (χ1v) is 11.1. The van der Waals surface area contributed by atoms with Gasteiger partial charge in [0.1, 0.15) is 5.00 Å². The summed E-state index contributed by atoms with van der Waals surface area (Å²) in [7, 11) is 0. The van der Waals surface area contributed by atoms with Crippen molar-refractivity contribution in [1.29, 1.82) is 0 Å². The SMILES string of the molecule is CCCCCCCC(=O)Nc1sc(C(=O)N(CC)CC)c(C)c1C(=O)OCC. The van der Waals surface area contributed by atoms with Crippen LogP contribution in [0.1, 0.15) is 91.8 Å². The molecule has 6 nitrogen and oxygen atoms in total. The van der Waals surface area contributed by atoms with Crippen LogP contribution < -0.4 is 5.32 Å². The lowest BCUT2D eigenvalue weighted by atomic mass is 10.1. The molecule has 0 aliphatic heterocycles. The molecule has 0 aromatic carbocycles. The second-order valence-corrected chi connectivity index (χ2v) is 7.69. The van der Waals surface area contributed by atoms with Gasteiger partial charge in [-0.15, -0.1) is 11.3 Å². The molecule has 0 atom stereocenters. The van der Waals surface area contributed by atoms with E-state index in [0.717, 1.165) is 37.0 Å². The van der Waals surface area contributed by atoms with E-state index in [0.29, 0.717) is 40.5 Å². The van der Waals surface area contributed by atoms with Crippen LogP contribution >= 0.6 is 11.3 Å². The Morgan fingerprint density at radius 1 is 1.00 bits per heavy atom. The number of carbonyl (C=O) groups is 3. The third-order valence-electron chi connectivity index (χ3n) is 4.63. The zero-order chi connectivity index (χ0) is 21.1. The van der Waals surface area contributed by atoms with Crippen molar-refractivity contribution in [3.05, 3.63) is 16.0 Å². The number of thiophene rings is 1. The van der Waals surface area contributed by atoms with Crippen LogP contribution in [-0.4, -0.2) is 42.4 Å². The predicted molar refractivity (Wildman–Crippen MR) is 114 cm³/mol. The summed E-state index contributed by atoms with van der Waals surface area (Å²) in [6, 6.07) is 0. The average molecular weight is 411 g/mol. The second-order valence-electron chi connectivity index (χ2n) is 6.67. The summed E-state index contributed by atoms with van der Waals surface area (Å²) in [5.41, 5.74) is 0.861. The Labute approximate surface area is 172 Å². The van der Waals surface area contributed by atoms with E-state index in [2.05, 4.69) is 12.2 Å². The van der Waals surface area contributed by atoms with Gasteiger partial charge in [0, 0.05) is 19.5 Å². The number of amides is 2. The van der Waals surface area contributed by atoms with Crippen LogP contribution in [0.5, 0.6) is 0 Å². The van der Waals surface area contributed by atoms with E-state index in [-0.39, 0.29) is 18.4 Å². The van der Waals surface area contributed by atoms with Crippen molar-refractivity contribution >= 4 is 34.1 Å². The number of nitrogens with one attached hydrogen (secondary N) is 1. The third-order valence-corrected chi connectivity index (χ3v) is 5.83. The quantitative estimate of drug-likeness (QED) is 0.388. The van der Waals surface area contributed by atoms with Crippen LogP contribution in [0.3, 0.4) is 0 Å². The van der Waals surface area contributed by atoms with Gasteiger partial charge in [-0.25, -0.2) is 4.79 Å². The summed E-state index contributed by atoms with van der Waals surface area (Å²) in [5.74, 6) is -0.767. The minimum atomic E-state index is -0.506. The van der Waals surface area contributed by atoms with Crippen LogP contribution in [0.15, 0.2) is 0 Å². The molecule has 1 N–H and O–H groups in total. The van der Waals surface area contributed by atoms with Crippen molar-refractivity contribution in [1.82, 2.24) is 4.90 Å². The smallest absolute Gasteiger partial charge is 0.341 e. The van der Waals surface area contributed by atoms with E-state index in [1.165, 1.54) is 6.42 Å². The number of ether oxygens (including phenoxy) is 1. The lowest BCUT2D eigenvalue weighted by Crippen LogP contribution is -2.30. The van der Waals surface area contributed by atoms with E-state index in [4.69, 9.17) is 4.74 Å². The summed E-state index contributed by atoms with van der Waals surface area (Å²) in [5, 5.41) is 3.25. The van der Waals surface area contributed by atoms with Crippen LogP contribution in [0.2, 0.25) is 0 Å². The Morgan fingerprint density at radius 2 is 1.64 bits per heavy atom. The second kappa shape index (κ2) is 12.5. The highest BCUT2D eigenvalue weighted by molar-refractivity contribution is 7.18. The van der Waals surface area contributed by atoms with E-state index in [1.54, 1.807) is 18.7 Å². The molecule has 0 bridgehead atoms. The average Bonchev–Trinajstić information content (AvgIpc) is 2.98. The molecule has 0 fully saturated rings. The minimum absolute atomic E-state index is 0.127. The van der Waals surface area contributed by atoms with Gasteiger partial charge in [-0.1, -0.05) is 32.6 Å². The number of nitrogens with zero attached hydrogens (tertiary/aromatic N) is 1. The number of esters is 1. The molecule has 0 saturated carbocycles. The molecule has 28 heavy (non-hydrogen) atoms. The van der Waals surface area contributed by atoms with E-state index >= 15 is 0 Å². The Hall–Kier alpha value is -1.89. The Kier molecular flexibility index (Phi) is 10.8. The number of rotatable bonds is 12. The summed E-state index contributed by atoms with van der Waals surface area (Å²) in [6.07, 6.45) is 5.69. The molecule has 1 aromatic heterocycles. The normalized spacial score (nSPS) is 10.6. The maximum Gasteiger partial charge on any atom is 0.341 e. The number of carbonyl (C=O) groups excluding carboxylic acids is 3. The lowest BCUT2D eigenvalue weighted by molar-refractivity contribution is -0.116. The Balaban J connectivity index is 3.02. The van der Waals surface area contributed by atoms with Gasteiger partial charge in [-0.2, -0.15) is 0 Å². The number of unbranched alkanes of at least 4 members (excludes halogenated alkanes) is 4. The van der Waals surface area contributed by atoms with Crippen molar-refractivity contribution in [3.8, 4) is 0 Å². The van der Waals surface area contributed by atoms with Crippen LogP contribution in [0.25, 0.3) is 0 Å². The summed E-state index contributed by atoms with van der Waals surface area (Å²) in [4.78, 5) is 39.8. The molecule has 1 rings (SSSR count). The topological polar surface area (TPSA) is 75.7 Å². The predicted octanol–water partition coefficient (Wildman–Crippen LogP) is 5.01. The van der Waals surface area contributed by atoms with Gasteiger partial charge in [-0.3, -0.25) is 9.59 Å². The van der Waals surface area contributed by atoms with Gasteiger partial charge in [-0.05, 0) is 39.7 Å². The van der Waals surface area contributed by atoms with Gasteiger partial charge in [0.2, 0.25) is 5.91 Å². The number of hydrogen-bond acceptors (Lipinski definition) is 5. The molecule has 0 spiro atoms. The molecule has 158 valence electrons. The fraction of sp³-hybridized carbons (Fsp3) is 0.667. The van der Waals surface area contributed by atoms with Gasteiger partial charge in [0.25, 0.3) is 5.91 Å². The van der Waals surface area contributed by atoms with Crippen molar-refractivity contribution in [2.75, 3.05) is 25.0 Å². The van der Waals surface area contributed by atoms with Crippen molar-refractivity contribution in [2.45, 2.75) is 73.1 Å². The van der Waals surface area contributed by atoms with Crippen LogP contribution in [-0.2, 0) is 9.53 Å². The molecule has 0 radical (unpaired) electrons. The van der Waals surface area contributed by atoms with Gasteiger partial charge in [0.05, 0.1) is 17.0 Å². The molecule has 1 aromatic rings.